The molecule has 25 heavy (non-hydrogen) atoms. The maximum Gasteiger partial charge on any atom is 0.211 e. The minimum Gasteiger partial charge on any atom is -0.369 e. The van der Waals surface area contributed by atoms with Gasteiger partial charge in [-0.3, -0.25) is 4.98 Å². The van der Waals surface area contributed by atoms with Crippen LogP contribution < -0.4 is 11.5 Å². The quantitative estimate of drug-likeness (QED) is 0.489. The van der Waals surface area contributed by atoms with E-state index in [0.717, 1.165) is 40.1 Å². The van der Waals surface area contributed by atoms with Crippen LogP contribution >= 0.6 is 12.4 Å². The van der Waals surface area contributed by atoms with Crippen LogP contribution in [-0.2, 0) is 6.42 Å². The van der Waals surface area contributed by atoms with Gasteiger partial charge in [-0.05, 0) is 67.5 Å². The van der Waals surface area contributed by atoms with Crippen LogP contribution in [0.25, 0.3) is 0 Å². The molecule has 0 saturated heterocycles. The summed E-state index contributed by atoms with van der Waals surface area (Å²) in [6.45, 7) is 4.00. The molecule has 0 aliphatic heterocycles. The van der Waals surface area contributed by atoms with Crippen molar-refractivity contribution >= 4 is 24.1 Å². The van der Waals surface area contributed by atoms with Crippen LogP contribution in [0.15, 0.2) is 40.7 Å². The summed E-state index contributed by atoms with van der Waals surface area (Å²) in [6.07, 6.45) is 3.16. The van der Waals surface area contributed by atoms with Gasteiger partial charge in [0.1, 0.15) is 5.82 Å². The van der Waals surface area contributed by atoms with Crippen molar-refractivity contribution in [1.82, 2.24) is 4.98 Å². The molecule has 1 aliphatic carbocycles. The van der Waals surface area contributed by atoms with Gasteiger partial charge in [0, 0.05) is 11.8 Å². The number of guanidine groups is 1. The van der Waals surface area contributed by atoms with E-state index in [4.69, 9.17) is 11.5 Å². The lowest BCUT2D eigenvalue weighted by molar-refractivity contribution is 0.612. The second-order valence-corrected chi connectivity index (χ2v) is 6.13. The Morgan fingerprint density at radius 1 is 1.16 bits per heavy atom. The van der Waals surface area contributed by atoms with Crippen molar-refractivity contribution < 1.29 is 4.39 Å². The van der Waals surface area contributed by atoms with Crippen LogP contribution in [0.2, 0.25) is 0 Å². The number of nitrogens with two attached hydrogens (primary N) is 2. The molecule has 1 aliphatic rings. The van der Waals surface area contributed by atoms with E-state index in [9.17, 15) is 4.39 Å². The molecule has 2 aromatic rings. The fraction of sp³-hybridized carbons (Fsp3) is 0.278. The lowest BCUT2D eigenvalue weighted by atomic mass is 9.79. The Kier molecular flexibility index (Phi) is 5.74. The van der Waals surface area contributed by atoms with Gasteiger partial charge in [0.05, 0.1) is 11.4 Å². The second kappa shape index (κ2) is 7.61. The summed E-state index contributed by atoms with van der Waals surface area (Å²) < 4.78 is 13.7. The molecule has 132 valence electrons. The highest BCUT2D eigenvalue weighted by Crippen LogP contribution is 2.35. The molecule has 0 amide bonds. The van der Waals surface area contributed by atoms with Crippen molar-refractivity contribution in [2.24, 2.45) is 21.7 Å². The number of pyridine rings is 1. The normalized spacial score (nSPS) is 17.6. The topological polar surface area (TPSA) is 89.6 Å². The number of nitrogens with zero attached hydrogens (tertiary/aromatic N) is 3. The second-order valence-electron chi connectivity index (χ2n) is 6.13. The maximum atomic E-state index is 13.7. The predicted molar refractivity (Wildman–Crippen MR) is 101 cm³/mol. The number of aromatic nitrogens is 1. The van der Waals surface area contributed by atoms with Crippen molar-refractivity contribution in [3.8, 4) is 0 Å². The van der Waals surface area contributed by atoms with Gasteiger partial charge in [0.25, 0.3) is 0 Å². The van der Waals surface area contributed by atoms with Gasteiger partial charge in [0.2, 0.25) is 5.96 Å². The lowest BCUT2D eigenvalue weighted by Gasteiger charge is -2.27. The number of halogens is 2. The summed E-state index contributed by atoms with van der Waals surface area (Å²) in [4.78, 5) is 4.50. The first-order chi connectivity index (χ1) is 11.5. The highest BCUT2D eigenvalue weighted by Gasteiger charge is 2.28. The summed E-state index contributed by atoms with van der Waals surface area (Å²) in [5, 5.41) is 8.05. The Labute approximate surface area is 152 Å². The van der Waals surface area contributed by atoms with E-state index in [2.05, 4.69) is 15.2 Å². The van der Waals surface area contributed by atoms with Gasteiger partial charge >= 0.3 is 0 Å². The zero-order valence-electron chi connectivity index (χ0n) is 14.2. The van der Waals surface area contributed by atoms with Crippen molar-refractivity contribution in [3.05, 3.63) is 64.2 Å². The summed E-state index contributed by atoms with van der Waals surface area (Å²) in [5.74, 6) is -0.230. The Morgan fingerprint density at radius 3 is 2.64 bits per heavy atom. The zero-order valence-corrected chi connectivity index (χ0v) is 15.0. The van der Waals surface area contributed by atoms with Crippen LogP contribution in [0, 0.1) is 19.7 Å². The SMILES string of the molecule is Cc1ccc(F)cc1C1C/C(=N/N=C(N)N)c2c(C)ccnc2C1.Cl. The van der Waals surface area contributed by atoms with E-state index in [-0.39, 0.29) is 30.1 Å². The highest BCUT2D eigenvalue weighted by molar-refractivity contribution is 6.04. The number of rotatable bonds is 2. The number of hydrogen-bond acceptors (Lipinski definition) is 3. The molecule has 0 radical (unpaired) electrons. The first kappa shape index (κ1) is 18.9. The number of hydrogen-bond donors (Lipinski definition) is 2. The average Bonchev–Trinajstić information content (AvgIpc) is 2.54. The summed E-state index contributed by atoms with van der Waals surface area (Å²) >= 11 is 0. The van der Waals surface area contributed by atoms with Crippen molar-refractivity contribution in [2.45, 2.75) is 32.6 Å². The third-order valence-corrected chi connectivity index (χ3v) is 4.37. The standard InChI is InChI=1S/C18H20FN5.ClH/c1-10-3-4-13(19)9-14(10)12-7-15-17(11(2)5-6-22-15)16(8-12)23-24-18(20)21;/h3-6,9,12H,7-8H2,1-2H3,(H4,20,21,24);1H/b23-16-;. The van der Waals surface area contributed by atoms with E-state index in [1.807, 2.05) is 19.9 Å². The Bertz CT molecular complexity index is 843. The van der Waals surface area contributed by atoms with Gasteiger partial charge in [-0.1, -0.05) is 6.07 Å². The third kappa shape index (κ3) is 3.96. The molecule has 5 nitrogen and oxygen atoms in total. The fourth-order valence-electron chi connectivity index (χ4n) is 3.28. The molecule has 3 rings (SSSR count). The van der Waals surface area contributed by atoms with Crippen LogP contribution in [0.5, 0.6) is 0 Å². The monoisotopic (exact) mass is 361 g/mol. The lowest BCUT2D eigenvalue weighted by Crippen LogP contribution is -2.24. The molecular formula is C18H21ClFN5. The van der Waals surface area contributed by atoms with E-state index < -0.39 is 0 Å². The summed E-state index contributed by atoms with van der Waals surface area (Å²) in [6, 6.07) is 6.82. The number of benzene rings is 1. The van der Waals surface area contributed by atoms with Crippen LogP contribution in [0.1, 0.15) is 40.3 Å². The molecular weight excluding hydrogens is 341 g/mol. The maximum absolute atomic E-state index is 13.7. The van der Waals surface area contributed by atoms with E-state index >= 15 is 0 Å². The van der Waals surface area contributed by atoms with Gasteiger partial charge in [-0.2, -0.15) is 5.10 Å². The minimum absolute atomic E-state index is 0. The molecule has 0 saturated carbocycles. The van der Waals surface area contributed by atoms with Gasteiger partial charge in [0.15, 0.2) is 0 Å². The van der Waals surface area contributed by atoms with Crippen molar-refractivity contribution in [3.63, 3.8) is 0 Å². The van der Waals surface area contributed by atoms with E-state index in [1.54, 1.807) is 18.3 Å². The molecule has 1 unspecified atom stereocenters. The Balaban J connectivity index is 0.00000225. The van der Waals surface area contributed by atoms with Crippen LogP contribution in [-0.4, -0.2) is 16.7 Å². The molecule has 1 aromatic heterocycles. The van der Waals surface area contributed by atoms with E-state index in [1.165, 1.54) is 6.07 Å². The minimum atomic E-state index is -0.235. The summed E-state index contributed by atoms with van der Waals surface area (Å²) in [7, 11) is 0. The molecule has 1 aromatic carbocycles. The molecule has 0 bridgehead atoms. The van der Waals surface area contributed by atoms with Crippen molar-refractivity contribution in [1.29, 1.82) is 0 Å². The first-order valence-corrected chi connectivity index (χ1v) is 7.82. The van der Waals surface area contributed by atoms with Gasteiger partial charge in [-0.15, -0.1) is 17.5 Å². The van der Waals surface area contributed by atoms with Gasteiger partial charge < -0.3 is 11.5 Å². The predicted octanol–water partition coefficient (Wildman–Crippen LogP) is 2.97. The number of fused-ring (bicyclic) bond motifs is 1. The molecule has 7 heteroatoms. The summed E-state index contributed by atoms with van der Waals surface area (Å²) in [5.41, 5.74) is 16.7. The van der Waals surface area contributed by atoms with Crippen molar-refractivity contribution in [2.75, 3.05) is 0 Å². The smallest absolute Gasteiger partial charge is 0.211 e. The fourth-order valence-corrected chi connectivity index (χ4v) is 3.28. The molecule has 1 heterocycles. The molecule has 4 N–H and O–H groups in total. The third-order valence-electron chi connectivity index (χ3n) is 4.37. The van der Waals surface area contributed by atoms with Gasteiger partial charge in [-0.25, -0.2) is 4.39 Å². The average molecular weight is 362 g/mol. The molecule has 1 atom stereocenters. The Hall–Kier alpha value is -2.47. The number of aryl methyl sites for hydroxylation is 2. The molecule has 0 fully saturated rings. The molecule has 0 spiro atoms. The Morgan fingerprint density at radius 2 is 1.92 bits per heavy atom. The largest absolute Gasteiger partial charge is 0.369 e. The highest BCUT2D eigenvalue weighted by atomic mass is 35.5. The zero-order chi connectivity index (χ0) is 17.3. The van der Waals surface area contributed by atoms with Crippen LogP contribution in [0.3, 0.4) is 0 Å². The van der Waals surface area contributed by atoms with Crippen LogP contribution in [0.4, 0.5) is 4.39 Å². The first-order valence-electron chi connectivity index (χ1n) is 7.82. The van der Waals surface area contributed by atoms with E-state index in [0.29, 0.717) is 6.42 Å².